The number of phenols is 1. The average molecular weight is 594 g/mol. The van der Waals surface area contributed by atoms with Gasteiger partial charge in [-0.25, -0.2) is 4.79 Å². The largest absolute Gasteiger partial charge is 0.504 e. The molecule has 0 aliphatic carbocycles. The minimum Gasteiger partial charge on any atom is -0.504 e. The highest BCUT2D eigenvalue weighted by Gasteiger charge is 2.28. The molecule has 1 aromatic heterocycles. The summed E-state index contributed by atoms with van der Waals surface area (Å²) in [7, 11) is 1.26. The number of methoxy groups -OCH3 is 1. The van der Waals surface area contributed by atoms with Gasteiger partial charge in [0.2, 0.25) is 17.4 Å². The van der Waals surface area contributed by atoms with Crippen molar-refractivity contribution < 1.29 is 42.4 Å². The fraction of sp³-hybridized carbons (Fsp3) is 0.103. The monoisotopic (exact) mass is 593 g/mol. The van der Waals surface area contributed by atoms with Gasteiger partial charge in [0.05, 0.1) is 19.3 Å². The minimum absolute atomic E-state index is 0.0135. The lowest BCUT2D eigenvalue weighted by atomic mass is 10.2. The molecule has 3 aromatic carbocycles. The molecule has 0 saturated heterocycles. The normalized spacial score (nSPS) is 10.5. The van der Waals surface area contributed by atoms with E-state index in [9.17, 15) is 9.90 Å². The summed E-state index contributed by atoms with van der Waals surface area (Å²) in [5, 5.41) is 25.5. The van der Waals surface area contributed by atoms with Crippen LogP contribution in [-0.4, -0.2) is 41.4 Å². The number of carbonyl (C=O) groups is 1. The van der Waals surface area contributed by atoms with E-state index in [1.165, 1.54) is 55.6 Å². The number of nitrogens with two attached hydrogens (primary N) is 2. The van der Waals surface area contributed by atoms with Gasteiger partial charge in [-0.05, 0) is 55.5 Å². The molecular weight excluding hydrogens is 568 g/mol. The summed E-state index contributed by atoms with van der Waals surface area (Å²) in [4.78, 5) is 16.0. The van der Waals surface area contributed by atoms with Gasteiger partial charge in [-0.3, -0.25) is 10.8 Å². The second-order valence-electron chi connectivity index (χ2n) is 8.61. The molecule has 222 valence electrons. The van der Waals surface area contributed by atoms with E-state index in [0.717, 1.165) is 12.1 Å². The molecular formula is C29H25F2N5O7. The first-order chi connectivity index (χ1) is 20.5. The second-order valence-corrected chi connectivity index (χ2v) is 8.61. The number of nitrogens with zero attached hydrogens (tertiary/aromatic N) is 1. The van der Waals surface area contributed by atoms with E-state index < -0.39 is 40.9 Å². The molecule has 43 heavy (non-hydrogen) atoms. The van der Waals surface area contributed by atoms with Crippen molar-refractivity contribution in [2.24, 2.45) is 11.5 Å². The number of hydrogen-bond donors (Lipinski definition) is 5. The Morgan fingerprint density at radius 1 is 0.837 bits per heavy atom. The number of benzene rings is 3. The molecule has 0 spiro atoms. The van der Waals surface area contributed by atoms with Gasteiger partial charge < -0.3 is 40.3 Å². The van der Waals surface area contributed by atoms with Crippen molar-refractivity contribution >= 4 is 17.6 Å². The van der Waals surface area contributed by atoms with Crippen molar-refractivity contribution in [1.82, 2.24) is 4.98 Å². The number of carbonyl (C=O) groups excluding carboxylic acids is 1. The van der Waals surface area contributed by atoms with Crippen molar-refractivity contribution in [3.63, 3.8) is 0 Å². The minimum atomic E-state index is -1.44. The summed E-state index contributed by atoms with van der Waals surface area (Å²) in [5.74, 6) is -7.97. The van der Waals surface area contributed by atoms with E-state index in [1.54, 1.807) is 6.92 Å². The standard InChI is InChI=1S/C29H25F2N5O7/c1-3-40-29(38)16-8-10-19(21(13-16)39-2)42-24-22(30)27(41-17-6-4-5-14(11-17)25(32)33)36-28(23(24)31)43-20-12-15(26(34)35)7-9-18(20)37/h4-13,37H,3H2,1-2H3,(H3,32,33)(H3,34,35). The molecule has 0 bridgehead atoms. The number of ether oxygens (including phenoxy) is 5. The molecule has 0 aliphatic rings. The van der Waals surface area contributed by atoms with Crippen LogP contribution in [0.3, 0.4) is 0 Å². The Bertz CT molecular complexity index is 1730. The summed E-state index contributed by atoms with van der Waals surface area (Å²) in [5.41, 5.74) is 11.5. The number of rotatable bonds is 11. The van der Waals surface area contributed by atoms with Gasteiger partial charge >= 0.3 is 5.97 Å². The zero-order valence-corrected chi connectivity index (χ0v) is 22.7. The Morgan fingerprint density at radius 3 is 2.12 bits per heavy atom. The fourth-order valence-corrected chi connectivity index (χ4v) is 3.62. The van der Waals surface area contributed by atoms with Crippen LogP contribution >= 0.6 is 0 Å². The molecule has 4 rings (SSSR count). The lowest BCUT2D eigenvalue weighted by molar-refractivity contribution is 0.0526. The molecule has 0 saturated carbocycles. The number of halogens is 2. The van der Waals surface area contributed by atoms with Gasteiger partial charge in [0.25, 0.3) is 11.8 Å². The third kappa shape index (κ3) is 6.70. The van der Waals surface area contributed by atoms with Crippen molar-refractivity contribution in [2.45, 2.75) is 6.92 Å². The Labute approximate surface area is 243 Å². The molecule has 12 nitrogen and oxygen atoms in total. The number of aromatic hydroxyl groups is 1. The van der Waals surface area contributed by atoms with E-state index in [-0.39, 0.29) is 58.0 Å². The third-order valence-electron chi connectivity index (χ3n) is 5.70. The summed E-state index contributed by atoms with van der Waals surface area (Å²) >= 11 is 0. The number of amidine groups is 2. The van der Waals surface area contributed by atoms with Gasteiger partial charge in [-0.1, -0.05) is 12.1 Å². The van der Waals surface area contributed by atoms with Gasteiger partial charge in [0.1, 0.15) is 17.4 Å². The molecule has 0 amide bonds. The summed E-state index contributed by atoms with van der Waals surface area (Å²) in [6.45, 7) is 1.76. The Balaban J connectivity index is 1.83. The number of phenolic OH excluding ortho intramolecular Hbond substituents is 1. The first-order valence-electron chi connectivity index (χ1n) is 12.4. The molecule has 0 fully saturated rings. The number of nitrogens with one attached hydrogen (secondary N) is 2. The van der Waals surface area contributed by atoms with Crippen molar-refractivity contribution in [1.29, 1.82) is 10.8 Å². The number of pyridine rings is 1. The van der Waals surface area contributed by atoms with Crippen LogP contribution in [0.4, 0.5) is 8.78 Å². The van der Waals surface area contributed by atoms with E-state index in [0.29, 0.717) is 0 Å². The van der Waals surface area contributed by atoms with Gasteiger partial charge in [0, 0.05) is 11.1 Å². The van der Waals surface area contributed by atoms with E-state index in [4.69, 9.17) is 46.0 Å². The highest BCUT2D eigenvalue weighted by atomic mass is 19.1. The lowest BCUT2D eigenvalue weighted by Gasteiger charge is -2.17. The fourth-order valence-electron chi connectivity index (χ4n) is 3.62. The maximum atomic E-state index is 15.8. The summed E-state index contributed by atoms with van der Waals surface area (Å²) < 4.78 is 58.4. The maximum absolute atomic E-state index is 15.8. The molecule has 1 heterocycles. The predicted octanol–water partition coefficient (Wildman–Crippen LogP) is 5.20. The molecule has 4 aromatic rings. The quantitative estimate of drug-likeness (QED) is 0.0876. The predicted molar refractivity (Wildman–Crippen MR) is 150 cm³/mol. The second kappa shape index (κ2) is 12.7. The molecule has 0 aliphatic heterocycles. The SMILES string of the molecule is CCOC(=O)c1ccc(Oc2c(F)c(Oc3cccc(C(=N)N)c3)nc(Oc3cc(C(=N)N)ccc3O)c2F)c(OC)c1. The van der Waals surface area contributed by atoms with Crippen LogP contribution in [0.25, 0.3) is 0 Å². The first-order valence-corrected chi connectivity index (χ1v) is 12.4. The molecule has 0 radical (unpaired) electrons. The average Bonchev–Trinajstić information content (AvgIpc) is 2.98. The van der Waals surface area contributed by atoms with Gasteiger partial charge in [0.15, 0.2) is 23.0 Å². The zero-order valence-electron chi connectivity index (χ0n) is 22.7. The highest BCUT2D eigenvalue weighted by Crippen LogP contribution is 2.43. The Morgan fingerprint density at radius 2 is 1.47 bits per heavy atom. The van der Waals surface area contributed by atoms with E-state index in [1.807, 2.05) is 0 Å². The van der Waals surface area contributed by atoms with Crippen molar-refractivity contribution in [2.75, 3.05) is 13.7 Å². The summed E-state index contributed by atoms with van der Waals surface area (Å²) in [6.07, 6.45) is 0. The van der Waals surface area contributed by atoms with Crippen molar-refractivity contribution in [3.05, 3.63) is 89.0 Å². The van der Waals surface area contributed by atoms with Crippen LogP contribution < -0.4 is 30.4 Å². The third-order valence-corrected chi connectivity index (χ3v) is 5.70. The van der Waals surface area contributed by atoms with Crippen LogP contribution in [-0.2, 0) is 4.74 Å². The molecule has 0 unspecified atom stereocenters. The first kappa shape index (κ1) is 30.0. The number of nitrogen functional groups attached to an aromatic ring is 2. The van der Waals surface area contributed by atoms with Crippen LogP contribution in [0.5, 0.6) is 46.3 Å². The Hall–Kier alpha value is -5.92. The van der Waals surface area contributed by atoms with Crippen LogP contribution in [0.15, 0.2) is 60.7 Å². The highest BCUT2D eigenvalue weighted by molar-refractivity contribution is 5.96. The molecule has 14 heteroatoms. The lowest BCUT2D eigenvalue weighted by Crippen LogP contribution is -2.11. The zero-order chi connectivity index (χ0) is 31.3. The molecule has 7 N–H and O–H groups in total. The smallest absolute Gasteiger partial charge is 0.338 e. The summed E-state index contributed by atoms with van der Waals surface area (Å²) in [6, 6.07) is 13.2. The molecule has 0 atom stereocenters. The Kier molecular flexibility index (Phi) is 8.89. The van der Waals surface area contributed by atoms with Gasteiger partial charge in [-0.15, -0.1) is 0 Å². The maximum Gasteiger partial charge on any atom is 0.338 e. The van der Waals surface area contributed by atoms with E-state index >= 15 is 8.78 Å². The van der Waals surface area contributed by atoms with Crippen LogP contribution in [0.1, 0.15) is 28.4 Å². The van der Waals surface area contributed by atoms with E-state index in [2.05, 4.69) is 4.98 Å². The topological polar surface area (TPSA) is 196 Å². The van der Waals surface area contributed by atoms with Gasteiger partial charge in [-0.2, -0.15) is 13.8 Å². The van der Waals surface area contributed by atoms with Crippen molar-refractivity contribution in [3.8, 4) is 46.3 Å². The number of hydrogen-bond acceptors (Lipinski definition) is 10. The van der Waals surface area contributed by atoms with Crippen LogP contribution in [0, 0.1) is 22.5 Å². The number of aromatic nitrogens is 1. The van der Waals surface area contributed by atoms with Crippen LogP contribution in [0.2, 0.25) is 0 Å². The number of esters is 1.